The summed E-state index contributed by atoms with van der Waals surface area (Å²) in [5.74, 6) is -0.682. The molecule has 2 aromatic carbocycles. The van der Waals surface area contributed by atoms with Gasteiger partial charge in [0.15, 0.2) is 5.60 Å². The second-order valence-electron chi connectivity index (χ2n) is 6.13. The van der Waals surface area contributed by atoms with Crippen LogP contribution in [0.1, 0.15) is 42.5 Å². The fraction of sp³-hybridized carbons (Fsp3) is 0.300. The minimum absolute atomic E-state index is 0.238. The van der Waals surface area contributed by atoms with Crippen LogP contribution in [0.15, 0.2) is 60.7 Å². The number of amides is 1. The molecule has 4 nitrogen and oxygen atoms in total. The summed E-state index contributed by atoms with van der Waals surface area (Å²) in [4.78, 5) is 25.3. The van der Waals surface area contributed by atoms with Gasteiger partial charge in [-0.2, -0.15) is 0 Å². The predicted octanol–water partition coefficient (Wildman–Crippen LogP) is 4.19. The number of nitrogens with one attached hydrogen (secondary N) is 1. The van der Waals surface area contributed by atoms with Crippen molar-refractivity contribution in [3.05, 3.63) is 66.2 Å². The molecule has 124 valence electrons. The molecule has 0 heterocycles. The summed E-state index contributed by atoms with van der Waals surface area (Å²) >= 11 is 0. The van der Waals surface area contributed by atoms with Gasteiger partial charge in [-0.15, -0.1) is 0 Å². The fourth-order valence-electron chi connectivity index (χ4n) is 3.08. The van der Waals surface area contributed by atoms with Crippen LogP contribution in [0.3, 0.4) is 0 Å². The molecule has 1 aliphatic rings. The molecular formula is C20H21NO3. The van der Waals surface area contributed by atoms with E-state index in [1.807, 2.05) is 36.4 Å². The molecule has 0 saturated heterocycles. The van der Waals surface area contributed by atoms with Crippen molar-refractivity contribution in [2.24, 2.45) is 0 Å². The zero-order chi connectivity index (χ0) is 16.8. The SMILES string of the molecule is O=C(OC1(C(=O)Nc2ccccc2)CCCCC1)c1ccccc1. The molecule has 1 saturated carbocycles. The first kappa shape index (κ1) is 16.2. The Morgan fingerprint density at radius 1 is 0.833 bits per heavy atom. The summed E-state index contributed by atoms with van der Waals surface area (Å²) in [5, 5.41) is 2.89. The number of carbonyl (C=O) groups excluding carboxylic acids is 2. The van der Waals surface area contributed by atoms with E-state index in [1.54, 1.807) is 24.3 Å². The van der Waals surface area contributed by atoms with E-state index in [0.29, 0.717) is 24.1 Å². The second-order valence-corrected chi connectivity index (χ2v) is 6.13. The van der Waals surface area contributed by atoms with Crippen molar-refractivity contribution >= 4 is 17.6 Å². The highest BCUT2D eigenvalue weighted by atomic mass is 16.6. The van der Waals surface area contributed by atoms with Gasteiger partial charge in [0.05, 0.1) is 5.56 Å². The van der Waals surface area contributed by atoms with Gasteiger partial charge in [0.25, 0.3) is 5.91 Å². The normalized spacial score (nSPS) is 16.2. The number of ether oxygens (including phenoxy) is 1. The van der Waals surface area contributed by atoms with Crippen LogP contribution in [-0.2, 0) is 9.53 Å². The van der Waals surface area contributed by atoms with Crippen LogP contribution in [0, 0.1) is 0 Å². The van der Waals surface area contributed by atoms with Crippen LogP contribution >= 0.6 is 0 Å². The second kappa shape index (κ2) is 7.30. The van der Waals surface area contributed by atoms with E-state index < -0.39 is 11.6 Å². The monoisotopic (exact) mass is 323 g/mol. The molecule has 1 amide bonds. The first-order valence-corrected chi connectivity index (χ1v) is 8.34. The fourth-order valence-corrected chi connectivity index (χ4v) is 3.08. The number of hydrogen-bond acceptors (Lipinski definition) is 3. The molecule has 0 aliphatic heterocycles. The van der Waals surface area contributed by atoms with Gasteiger partial charge in [0, 0.05) is 5.69 Å². The standard InChI is InChI=1S/C20H21NO3/c22-18(16-10-4-1-5-11-16)24-20(14-8-3-9-15-20)19(23)21-17-12-6-2-7-13-17/h1-2,4-7,10-13H,3,8-9,14-15H2,(H,21,23). The van der Waals surface area contributed by atoms with Crippen molar-refractivity contribution in [1.82, 2.24) is 0 Å². The molecule has 3 rings (SSSR count). The quantitative estimate of drug-likeness (QED) is 0.859. The number of para-hydroxylation sites is 1. The topological polar surface area (TPSA) is 55.4 Å². The van der Waals surface area contributed by atoms with Gasteiger partial charge >= 0.3 is 5.97 Å². The molecule has 0 atom stereocenters. The number of hydrogen-bond donors (Lipinski definition) is 1. The lowest BCUT2D eigenvalue weighted by Crippen LogP contribution is -2.48. The van der Waals surface area contributed by atoms with Crippen molar-refractivity contribution < 1.29 is 14.3 Å². The summed E-state index contributed by atoms with van der Waals surface area (Å²) in [5.41, 5.74) is 0.0965. The maximum Gasteiger partial charge on any atom is 0.339 e. The minimum Gasteiger partial charge on any atom is -0.445 e. The van der Waals surface area contributed by atoms with Gasteiger partial charge in [-0.1, -0.05) is 42.8 Å². The number of benzene rings is 2. The van der Waals surface area contributed by atoms with Crippen molar-refractivity contribution in [2.45, 2.75) is 37.7 Å². The van der Waals surface area contributed by atoms with Gasteiger partial charge in [0.2, 0.25) is 0 Å². The molecule has 1 fully saturated rings. The highest BCUT2D eigenvalue weighted by molar-refractivity contribution is 6.00. The summed E-state index contributed by atoms with van der Waals surface area (Å²) in [6.45, 7) is 0. The van der Waals surface area contributed by atoms with Gasteiger partial charge in [-0.05, 0) is 49.9 Å². The third-order valence-corrected chi connectivity index (χ3v) is 4.40. The first-order chi connectivity index (χ1) is 11.7. The minimum atomic E-state index is -1.08. The van der Waals surface area contributed by atoms with Gasteiger partial charge in [0.1, 0.15) is 0 Å². The number of esters is 1. The van der Waals surface area contributed by atoms with Crippen LogP contribution in [-0.4, -0.2) is 17.5 Å². The largest absolute Gasteiger partial charge is 0.445 e. The van der Waals surface area contributed by atoms with Crippen LogP contribution < -0.4 is 5.32 Å². The molecule has 1 aliphatic carbocycles. The van der Waals surface area contributed by atoms with E-state index in [0.717, 1.165) is 19.3 Å². The molecule has 1 N–H and O–H groups in total. The van der Waals surface area contributed by atoms with Crippen LogP contribution in [0.5, 0.6) is 0 Å². The summed E-state index contributed by atoms with van der Waals surface area (Å²) < 4.78 is 5.75. The Bertz CT molecular complexity index is 691. The van der Waals surface area contributed by atoms with E-state index in [2.05, 4.69) is 5.32 Å². The maximum absolute atomic E-state index is 12.9. The molecular weight excluding hydrogens is 302 g/mol. The first-order valence-electron chi connectivity index (χ1n) is 8.34. The molecule has 24 heavy (non-hydrogen) atoms. The van der Waals surface area contributed by atoms with Crippen molar-refractivity contribution in [3.8, 4) is 0 Å². The van der Waals surface area contributed by atoms with Gasteiger partial charge in [-0.3, -0.25) is 4.79 Å². The predicted molar refractivity (Wildman–Crippen MR) is 92.7 cm³/mol. The lowest BCUT2D eigenvalue weighted by Gasteiger charge is -2.35. The molecule has 0 spiro atoms. The van der Waals surface area contributed by atoms with Crippen molar-refractivity contribution in [3.63, 3.8) is 0 Å². The Labute approximate surface area is 141 Å². The smallest absolute Gasteiger partial charge is 0.339 e. The van der Waals surface area contributed by atoms with E-state index in [4.69, 9.17) is 4.74 Å². The third-order valence-electron chi connectivity index (χ3n) is 4.40. The lowest BCUT2D eigenvalue weighted by molar-refractivity contribution is -0.138. The molecule has 2 aromatic rings. The number of rotatable bonds is 4. The Kier molecular flexibility index (Phi) is 4.94. The average Bonchev–Trinajstić information content (AvgIpc) is 2.64. The van der Waals surface area contributed by atoms with Crippen LogP contribution in [0.4, 0.5) is 5.69 Å². The summed E-state index contributed by atoms with van der Waals surface area (Å²) in [7, 11) is 0. The Hall–Kier alpha value is -2.62. The van der Waals surface area contributed by atoms with Crippen molar-refractivity contribution in [2.75, 3.05) is 5.32 Å². The van der Waals surface area contributed by atoms with Crippen LogP contribution in [0.25, 0.3) is 0 Å². The molecule has 0 radical (unpaired) electrons. The van der Waals surface area contributed by atoms with E-state index in [-0.39, 0.29) is 5.91 Å². The number of carbonyl (C=O) groups is 2. The third kappa shape index (κ3) is 3.65. The maximum atomic E-state index is 12.9. The molecule has 0 bridgehead atoms. The molecule has 4 heteroatoms. The Balaban J connectivity index is 1.79. The van der Waals surface area contributed by atoms with E-state index in [9.17, 15) is 9.59 Å². The zero-order valence-corrected chi connectivity index (χ0v) is 13.5. The molecule has 0 unspecified atom stereocenters. The van der Waals surface area contributed by atoms with Crippen LogP contribution in [0.2, 0.25) is 0 Å². The van der Waals surface area contributed by atoms with Gasteiger partial charge < -0.3 is 10.1 Å². The summed E-state index contributed by atoms with van der Waals surface area (Å²) in [6, 6.07) is 18.1. The van der Waals surface area contributed by atoms with Gasteiger partial charge in [-0.25, -0.2) is 4.79 Å². The highest BCUT2D eigenvalue weighted by Crippen LogP contribution is 2.33. The van der Waals surface area contributed by atoms with Crippen molar-refractivity contribution in [1.29, 1.82) is 0 Å². The molecule has 0 aromatic heterocycles. The Morgan fingerprint density at radius 3 is 2.04 bits per heavy atom. The van der Waals surface area contributed by atoms with E-state index in [1.165, 1.54) is 0 Å². The lowest BCUT2D eigenvalue weighted by atomic mass is 9.83. The van der Waals surface area contributed by atoms with E-state index >= 15 is 0 Å². The zero-order valence-electron chi connectivity index (χ0n) is 13.5. The highest BCUT2D eigenvalue weighted by Gasteiger charge is 2.43. The summed E-state index contributed by atoms with van der Waals surface area (Å²) in [6.07, 6.45) is 3.94. The Morgan fingerprint density at radius 2 is 1.42 bits per heavy atom. The number of anilines is 1. The average molecular weight is 323 g/mol.